The molecule has 1 saturated heterocycles. The molecule has 0 N–H and O–H groups in total. The Labute approximate surface area is 150 Å². The van der Waals surface area contributed by atoms with E-state index in [0.717, 1.165) is 17.8 Å². The molecule has 9 heteroatoms. The van der Waals surface area contributed by atoms with Crippen LogP contribution < -0.4 is 4.74 Å². The van der Waals surface area contributed by atoms with Gasteiger partial charge in [0, 0.05) is 18.3 Å². The third kappa shape index (κ3) is 3.91. The highest BCUT2D eigenvalue weighted by Gasteiger charge is 2.34. The van der Waals surface area contributed by atoms with Gasteiger partial charge >= 0.3 is 0 Å². The number of nitrogens with zero attached hydrogens (tertiary/aromatic N) is 3. The molecule has 0 amide bonds. The molecule has 1 unspecified atom stereocenters. The zero-order valence-electron chi connectivity index (χ0n) is 13.7. The van der Waals surface area contributed by atoms with Crippen molar-refractivity contribution in [3.63, 3.8) is 0 Å². The fraction of sp³-hybridized carbons (Fsp3) is 0.375. The molecule has 0 bridgehead atoms. The van der Waals surface area contributed by atoms with E-state index in [1.165, 1.54) is 10.4 Å². The van der Waals surface area contributed by atoms with E-state index in [2.05, 4.69) is 9.97 Å². The minimum Gasteiger partial charge on any atom is -0.473 e. The van der Waals surface area contributed by atoms with E-state index in [4.69, 9.17) is 16.3 Å². The Morgan fingerprint density at radius 2 is 2.04 bits per heavy atom. The van der Waals surface area contributed by atoms with Crippen LogP contribution in [0.1, 0.15) is 17.9 Å². The molecule has 0 spiro atoms. The number of aryl methyl sites for hydroxylation is 2. The predicted molar refractivity (Wildman–Crippen MR) is 90.7 cm³/mol. The lowest BCUT2D eigenvalue weighted by atomic mass is 10.3. The third-order valence-corrected chi connectivity index (χ3v) is 6.02. The van der Waals surface area contributed by atoms with Crippen molar-refractivity contribution in [1.29, 1.82) is 0 Å². The van der Waals surface area contributed by atoms with Crippen molar-refractivity contribution in [3.8, 4) is 5.88 Å². The minimum absolute atomic E-state index is 0.0340. The molecule has 1 aromatic carbocycles. The monoisotopic (exact) mass is 385 g/mol. The first-order chi connectivity index (χ1) is 11.8. The van der Waals surface area contributed by atoms with E-state index < -0.39 is 15.8 Å². The standard InChI is InChI=1S/C16H17ClFN3O3S/c1-10-7-16(20-11(2)19-10)24-12-5-6-21(9-12)25(22,23)13-3-4-15(18)14(17)8-13/h3-4,7-8,12H,5-6,9H2,1-2H3. The lowest BCUT2D eigenvalue weighted by Gasteiger charge is -2.17. The summed E-state index contributed by atoms with van der Waals surface area (Å²) in [7, 11) is -3.75. The van der Waals surface area contributed by atoms with E-state index >= 15 is 0 Å². The van der Waals surface area contributed by atoms with Crippen LogP contribution in [0.5, 0.6) is 5.88 Å². The summed E-state index contributed by atoms with van der Waals surface area (Å²) in [5.74, 6) is 0.371. The molecule has 1 aliphatic rings. The second-order valence-electron chi connectivity index (χ2n) is 5.86. The van der Waals surface area contributed by atoms with Crippen molar-refractivity contribution < 1.29 is 17.5 Å². The Morgan fingerprint density at radius 3 is 2.72 bits per heavy atom. The van der Waals surface area contributed by atoms with Crippen molar-refractivity contribution in [2.24, 2.45) is 0 Å². The van der Waals surface area contributed by atoms with Gasteiger partial charge in [-0.3, -0.25) is 0 Å². The van der Waals surface area contributed by atoms with E-state index in [1.54, 1.807) is 13.0 Å². The Balaban J connectivity index is 1.74. The van der Waals surface area contributed by atoms with E-state index in [-0.39, 0.29) is 22.6 Å². The van der Waals surface area contributed by atoms with Crippen LogP contribution in [0, 0.1) is 19.7 Å². The van der Waals surface area contributed by atoms with Gasteiger partial charge in [-0.15, -0.1) is 0 Å². The summed E-state index contributed by atoms with van der Waals surface area (Å²) in [5.41, 5.74) is 0.783. The molecule has 1 aromatic heterocycles. The zero-order valence-corrected chi connectivity index (χ0v) is 15.3. The van der Waals surface area contributed by atoms with Crippen LogP contribution in [0.4, 0.5) is 4.39 Å². The highest BCUT2D eigenvalue weighted by Crippen LogP contribution is 2.26. The van der Waals surface area contributed by atoms with Crippen molar-refractivity contribution in [1.82, 2.24) is 14.3 Å². The van der Waals surface area contributed by atoms with E-state index in [9.17, 15) is 12.8 Å². The van der Waals surface area contributed by atoms with Gasteiger partial charge in [-0.2, -0.15) is 9.29 Å². The predicted octanol–water partition coefficient (Wildman–Crippen LogP) is 2.73. The first-order valence-electron chi connectivity index (χ1n) is 7.70. The maximum absolute atomic E-state index is 13.3. The van der Waals surface area contributed by atoms with Crippen molar-refractivity contribution in [2.75, 3.05) is 13.1 Å². The smallest absolute Gasteiger partial charge is 0.243 e. The third-order valence-electron chi connectivity index (χ3n) is 3.87. The lowest BCUT2D eigenvalue weighted by Crippen LogP contribution is -2.31. The highest BCUT2D eigenvalue weighted by molar-refractivity contribution is 7.89. The number of rotatable bonds is 4. The van der Waals surface area contributed by atoms with Crippen molar-refractivity contribution in [2.45, 2.75) is 31.3 Å². The molecule has 6 nitrogen and oxygen atoms in total. The summed E-state index contributed by atoms with van der Waals surface area (Å²) in [6.07, 6.45) is 0.232. The molecule has 1 aliphatic heterocycles. The average Bonchev–Trinajstić information content (AvgIpc) is 2.98. The van der Waals surface area contributed by atoms with Gasteiger partial charge in [-0.05, 0) is 38.5 Å². The maximum Gasteiger partial charge on any atom is 0.243 e. The SMILES string of the molecule is Cc1cc(OC2CCN(S(=O)(=O)c3ccc(F)c(Cl)c3)C2)nc(C)n1. The molecular weight excluding hydrogens is 369 g/mol. The summed E-state index contributed by atoms with van der Waals surface area (Å²) in [6.45, 7) is 4.11. The summed E-state index contributed by atoms with van der Waals surface area (Å²) in [5, 5.41) is -0.222. The fourth-order valence-corrected chi connectivity index (χ4v) is 4.47. The molecule has 25 heavy (non-hydrogen) atoms. The molecule has 0 aliphatic carbocycles. The quantitative estimate of drug-likeness (QED) is 0.809. The maximum atomic E-state index is 13.3. The molecule has 2 aromatic rings. The molecule has 2 heterocycles. The first-order valence-corrected chi connectivity index (χ1v) is 9.51. The van der Waals surface area contributed by atoms with Gasteiger partial charge in [0.25, 0.3) is 0 Å². The number of ether oxygens (including phenoxy) is 1. The van der Waals surface area contributed by atoms with Gasteiger partial charge in [0.2, 0.25) is 15.9 Å². The zero-order chi connectivity index (χ0) is 18.2. The van der Waals surface area contributed by atoms with Gasteiger partial charge in [0.15, 0.2) is 0 Å². The average molecular weight is 386 g/mol. The number of aromatic nitrogens is 2. The second kappa shape index (κ2) is 6.86. The van der Waals surface area contributed by atoms with E-state index in [1.807, 2.05) is 6.92 Å². The molecular formula is C16H17ClFN3O3S. The van der Waals surface area contributed by atoms with Crippen LogP contribution in [-0.4, -0.2) is 41.9 Å². The van der Waals surface area contributed by atoms with Crippen LogP contribution >= 0.6 is 11.6 Å². The molecule has 1 fully saturated rings. The molecule has 0 saturated carbocycles. The van der Waals surface area contributed by atoms with Gasteiger partial charge in [0.1, 0.15) is 17.7 Å². The Bertz CT molecular complexity index is 887. The molecule has 3 rings (SSSR count). The van der Waals surface area contributed by atoms with Crippen LogP contribution in [0.25, 0.3) is 0 Å². The first kappa shape index (κ1) is 18.0. The topological polar surface area (TPSA) is 72.4 Å². The number of benzene rings is 1. The second-order valence-corrected chi connectivity index (χ2v) is 8.21. The number of sulfonamides is 1. The number of hydrogen-bond donors (Lipinski definition) is 0. The lowest BCUT2D eigenvalue weighted by molar-refractivity contribution is 0.206. The number of halogens is 2. The van der Waals surface area contributed by atoms with Gasteiger partial charge in [-0.1, -0.05) is 11.6 Å². The van der Waals surface area contributed by atoms with Crippen LogP contribution in [0.2, 0.25) is 5.02 Å². The van der Waals surface area contributed by atoms with Crippen LogP contribution in [0.15, 0.2) is 29.2 Å². The largest absolute Gasteiger partial charge is 0.473 e. The van der Waals surface area contributed by atoms with Crippen molar-refractivity contribution >= 4 is 21.6 Å². The van der Waals surface area contributed by atoms with Gasteiger partial charge in [0.05, 0.1) is 16.5 Å². The minimum atomic E-state index is -3.75. The van der Waals surface area contributed by atoms with Gasteiger partial charge < -0.3 is 4.74 Å². The summed E-state index contributed by atoms with van der Waals surface area (Å²) in [6, 6.07) is 5.09. The summed E-state index contributed by atoms with van der Waals surface area (Å²) in [4.78, 5) is 8.35. The molecule has 0 radical (unpaired) electrons. The number of hydrogen-bond acceptors (Lipinski definition) is 5. The van der Waals surface area contributed by atoms with E-state index in [0.29, 0.717) is 24.7 Å². The summed E-state index contributed by atoms with van der Waals surface area (Å²) >= 11 is 5.70. The Hall–Kier alpha value is -1.77. The molecule has 1 atom stereocenters. The normalized spacial score (nSPS) is 18.5. The summed E-state index contributed by atoms with van der Waals surface area (Å²) < 4.78 is 45.7. The van der Waals surface area contributed by atoms with Crippen LogP contribution in [-0.2, 0) is 10.0 Å². The van der Waals surface area contributed by atoms with Gasteiger partial charge in [-0.25, -0.2) is 17.8 Å². The van der Waals surface area contributed by atoms with Crippen molar-refractivity contribution in [3.05, 3.63) is 46.6 Å². The molecule has 134 valence electrons. The van der Waals surface area contributed by atoms with Crippen LogP contribution in [0.3, 0.4) is 0 Å². The highest BCUT2D eigenvalue weighted by atomic mass is 35.5. The Morgan fingerprint density at radius 1 is 1.28 bits per heavy atom. The fourth-order valence-electron chi connectivity index (χ4n) is 2.71. The Kier molecular flexibility index (Phi) is 4.95.